The lowest BCUT2D eigenvalue weighted by Gasteiger charge is -2.36. The van der Waals surface area contributed by atoms with Crippen molar-refractivity contribution in [1.82, 2.24) is 5.32 Å². The third-order valence-corrected chi connectivity index (χ3v) is 3.27. The Morgan fingerprint density at radius 1 is 1.24 bits per heavy atom. The van der Waals surface area contributed by atoms with E-state index in [-0.39, 0.29) is 25.9 Å². The molecule has 0 aliphatic heterocycles. The summed E-state index contributed by atoms with van der Waals surface area (Å²) in [6, 6.07) is -1.36. The fourth-order valence-corrected chi connectivity index (χ4v) is 2.27. The van der Waals surface area contributed by atoms with Gasteiger partial charge in [-0.05, 0) is 12.8 Å². The van der Waals surface area contributed by atoms with Crippen LogP contribution in [-0.4, -0.2) is 64.5 Å². The molecule has 0 radical (unpaired) electrons. The van der Waals surface area contributed by atoms with Crippen LogP contribution in [0.5, 0.6) is 0 Å². The van der Waals surface area contributed by atoms with Gasteiger partial charge in [0.1, 0.15) is 6.04 Å². The van der Waals surface area contributed by atoms with Crippen LogP contribution in [0.1, 0.15) is 12.8 Å². The number of aliphatic hydroxyl groups is 4. The molecular weight excluding hydrogens is 228 g/mol. The van der Waals surface area contributed by atoms with Crippen LogP contribution in [0.3, 0.4) is 0 Å². The first-order chi connectivity index (χ1) is 8.15. The maximum absolute atomic E-state index is 10.6. The monoisotopic (exact) mass is 248 g/mol. The molecule has 4 atom stereocenters. The van der Waals surface area contributed by atoms with Crippen molar-refractivity contribution >= 4 is 0 Å². The van der Waals surface area contributed by atoms with Gasteiger partial charge >= 0.3 is 0 Å². The van der Waals surface area contributed by atoms with Gasteiger partial charge in [-0.1, -0.05) is 5.18 Å². The van der Waals surface area contributed by atoms with Crippen LogP contribution < -0.4 is 5.32 Å². The van der Waals surface area contributed by atoms with Crippen LogP contribution in [0.2, 0.25) is 0 Å². The standard InChI is InChI=1S/C10H20N2O5/c13-3-6-1-7(11-8(4-14)5-15)2-9(12-17)10(6)16/h6-11,13-16H,1-5H2/t6?,7-,9?,10+/m0/s1. The third kappa shape index (κ3) is 3.68. The normalized spacial score (nSPS) is 33.9. The van der Waals surface area contributed by atoms with Gasteiger partial charge in [-0.3, -0.25) is 0 Å². The molecule has 0 aromatic heterocycles. The lowest BCUT2D eigenvalue weighted by Crippen LogP contribution is -2.52. The minimum atomic E-state index is -0.919. The molecule has 0 spiro atoms. The predicted molar refractivity (Wildman–Crippen MR) is 60.3 cm³/mol. The molecule has 1 fully saturated rings. The second-order valence-corrected chi connectivity index (χ2v) is 4.50. The summed E-state index contributed by atoms with van der Waals surface area (Å²) in [5.74, 6) is -0.401. The van der Waals surface area contributed by atoms with Crippen molar-refractivity contribution in [2.45, 2.75) is 37.1 Å². The Kier molecular flexibility index (Phi) is 5.93. The summed E-state index contributed by atoms with van der Waals surface area (Å²) in [4.78, 5) is 10.6. The first-order valence-corrected chi connectivity index (χ1v) is 5.75. The number of rotatable bonds is 6. The largest absolute Gasteiger partial charge is 0.396 e. The van der Waals surface area contributed by atoms with Crippen molar-refractivity contribution < 1.29 is 20.4 Å². The van der Waals surface area contributed by atoms with E-state index < -0.39 is 24.1 Å². The van der Waals surface area contributed by atoms with Crippen LogP contribution >= 0.6 is 0 Å². The third-order valence-electron chi connectivity index (χ3n) is 3.27. The summed E-state index contributed by atoms with van der Waals surface area (Å²) in [5.41, 5.74) is 0. The van der Waals surface area contributed by atoms with Gasteiger partial charge in [-0.15, -0.1) is 0 Å². The molecule has 1 aliphatic carbocycles. The zero-order valence-electron chi connectivity index (χ0n) is 9.57. The Balaban J connectivity index is 2.59. The summed E-state index contributed by atoms with van der Waals surface area (Å²) < 4.78 is 0. The summed E-state index contributed by atoms with van der Waals surface area (Å²) in [7, 11) is 0. The van der Waals surface area contributed by atoms with Crippen LogP contribution in [0.25, 0.3) is 0 Å². The first kappa shape index (κ1) is 14.5. The lowest BCUT2D eigenvalue weighted by molar-refractivity contribution is 0.00647. The summed E-state index contributed by atoms with van der Waals surface area (Å²) in [6.45, 7) is -0.634. The second kappa shape index (κ2) is 6.97. The Morgan fingerprint density at radius 3 is 2.35 bits per heavy atom. The van der Waals surface area contributed by atoms with Gasteiger partial charge in [0.05, 0.1) is 25.4 Å². The van der Waals surface area contributed by atoms with Gasteiger partial charge < -0.3 is 25.7 Å². The van der Waals surface area contributed by atoms with Gasteiger partial charge in [0.15, 0.2) is 0 Å². The fraction of sp³-hybridized carbons (Fsp3) is 1.00. The average molecular weight is 248 g/mol. The molecule has 1 aliphatic rings. The topological polar surface area (TPSA) is 122 Å². The molecule has 0 bridgehead atoms. The van der Waals surface area contributed by atoms with E-state index in [0.717, 1.165) is 0 Å². The molecule has 17 heavy (non-hydrogen) atoms. The summed E-state index contributed by atoms with van der Waals surface area (Å²) in [5, 5.41) is 42.6. The zero-order valence-corrected chi connectivity index (χ0v) is 9.57. The molecule has 1 rings (SSSR count). The highest BCUT2D eigenvalue weighted by molar-refractivity contribution is 4.93. The minimum absolute atomic E-state index is 0.150. The maximum atomic E-state index is 10.6. The molecule has 0 aromatic rings. The number of nitroso groups, excluding NO2 is 1. The van der Waals surface area contributed by atoms with Crippen molar-refractivity contribution in [1.29, 1.82) is 0 Å². The van der Waals surface area contributed by atoms with Gasteiger partial charge in [0, 0.05) is 18.6 Å². The molecule has 7 nitrogen and oxygen atoms in total. The van der Waals surface area contributed by atoms with E-state index in [1.807, 2.05) is 0 Å². The molecule has 0 aromatic carbocycles. The smallest absolute Gasteiger partial charge is 0.120 e. The first-order valence-electron chi connectivity index (χ1n) is 5.75. The van der Waals surface area contributed by atoms with Crippen molar-refractivity contribution in [2.24, 2.45) is 11.1 Å². The second-order valence-electron chi connectivity index (χ2n) is 4.50. The minimum Gasteiger partial charge on any atom is -0.396 e. The molecule has 0 heterocycles. The predicted octanol–water partition coefficient (Wildman–Crippen LogP) is -1.80. The highest BCUT2D eigenvalue weighted by Crippen LogP contribution is 2.27. The molecular formula is C10H20N2O5. The van der Waals surface area contributed by atoms with Crippen molar-refractivity contribution in [3.63, 3.8) is 0 Å². The highest BCUT2D eigenvalue weighted by atomic mass is 16.3. The van der Waals surface area contributed by atoms with Gasteiger partial charge in [-0.25, -0.2) is 0 Å². The molecule has 1 saturated carbocycles. The van der Waals surface area contributed by atoms with Gasteiger partial charge in [-0.2, -0.15) is 4.91 Å². The van der Waals surface area contributed by atoms with Crippen LogP contribution in [0, 0.1) is 10.8 Å². The van der Waals surface area contributed by atoms with E-state index in [0.29, 0.717) is 12.8 Å². The molecule has 100 valence electrons. The van der Waals surface area contributed by atoms with E-state index in [4.69, 9.17) is 15.3 Å². The fourth-order valence-electron chi connectivity index (χ4n) is 2.27. The number of nitrogens with one attached hydrogen (secondary N) is 1. The summed E-state index contributed by atoms with van der Waals surface area (Å²) >= 11 is 0. The van der Waals surface area contributed by atoms with Gasteiger partial charge in [0.25, 0.3) is 0 Å². The van der Waals surface area contributed by atoms with Crippen molar-refractivity contribution in [3.05, 3.63) is 4.91 Å². The SMILES string of the molecule is O=NC1C[C@@H](NC(CO)CO)CC(CO)[C@H]1O. The lowest BCUT2D eigenvalue weighted by atomic mass is 9.80. The number of hydrogen-bond donors (Lipinski definition) is 5. The molecule has 0 saturated heterocycles. The Morgan fingerprint density at radius 2 is 1.88 bits per heavy atom. The maximum Gasteiger partial charge on any atom is 0.120 e. The number of aliphatic hydroxyl groups excluding tert-OH is 4. The average Bonchev–Trinajstić information content (AvgIpc) is 2.37. The van der Waals surface area contributed by atoms with Crippen LogP contribution in [0.15, 0.2) is 5.18 Å². The summed E-state index contributed by atoms with van der Waals surface area (Å²) in [6.07, 6.45) is -0.0880. The van der Waals surface area contributed by atoms with E-state index in [2.05, 4.69) is 10.5 Å². The Labute approximate surface area is 99.4 Å². The molecule has 7 heteroatoms. The number of nitrogens with zero attached hydrogens (tertiary/aromatic N) is 1. The highest BCUT2D eigenvalue weighted by Gasteiger charge is 2.37. The van der Waals surface area contributed by atoms with Crippen molar-refractivity contribution in [2.75, 3.05) is 19.8 Å². The Bertz CT molecular complexity index is 235. The van der Waals surface area contributed by atoms with E-state index >= 15 is 0 Å². The van der Waals surface area contributed by atoms with E-state index in [9.17, 15) is 10.0 Å². The quantitative estimate of drug-likeness (QED) is 0.353. The van der Waals surface area contributed by atoms with E-state index in [1.54, 1.807) is 0 Å². The van der Waals surface area contributed by atoms with Crippen molar-refractivity contribution in [3.8, 4) is 0 Å². The van der Waals surface area contributed by atoms with E-state index in [1.165, 1.54) is 0 Å². The van der Waals surface area contributed by atoms with Crippen LogP contribution in [-0.2, 0) is 0 Å². The zero-order chi connectivity index (χ0) is 12.8. The molecule has 2 unspecified atom stereocenters. The molecule has 5 N–H and O–H groups in total. The number of hydrogen-bond acceptors (Lipinski definition) is 7. The molecule has 0 amide bonds. The Hall–Kier alpha value is -0.600. The van der Waals surface area contributed by atoms with Crippen LogP contribution in [0.4, 0.5) is 0 Å². The van der Waals surface area contributed by atoms with Gasteiger partial charge in [0.2, 0.25) is 0 Å².